The Hall–Kier alpha value is -2.71. The fraction of sp³-hybridized carbons (Fsp3) is 0.381. The van der Waals surface area contributed by atoms with Crippen molar-refractivity contribution in [3.8, 4) is 17.3 Å². The molecule has 0 radical (unpaired) electrons. The van der Waals surface area contributed by atoms with E-state index < -0.39 is 0 Å². The maximum atomic E-state index is 12.8. The van der Waals surface area contributed by atoms with Gasteiger partial charge in [0.2, 0.25) is 0 Å². The summed E-state index contributed by atoms with van der Waals surface area (Å²) in [6, 6.07) is 13.7. The summed E-state index contributed by atoms with van der Waals surface area (Å²) in [7, 11) is 0. The third-order valence-electron chi connectivity index (χ3n) is 4.87. The van der Waals surface area contributed by atoms with Gasteiger partial charge in [-0.05, 0) is 44.5 Å². The second-order valence-electron chi connectivity index (χ2n) is 6.90. The molecule has 5 nitrogen and oxygen atoms in total. The molecule has 2 aromatic rings. The van der Waals surface area contributed by atoms with Crippen LogP contribution in [0, 0.1) is 11.3 Å². The summed E-state index contributed by atoms with van der Waals surface area (Å²) >= 11 is 0. The van der Waals surface area contributed by atoms with Crippen LogP contribution in [0.25, 0.3) is 11.3 Å². The lowest BCUT2D eigenvalue weighted by atomic mass is 10.1. The topological polar surface area (TPSA) is 60.2 Å². The molecule has 1 fully saturated rings. The van der Waals surface area contributed by atoms with E-state index in [1.165, 1.54) is 0 Å². The Balaban J connectivity index is 1.69. The lowest BCUT2D eigenvalue weighted by Crippen LogP contribution is -2.37. The van der Waals surface area contributed by atoms with Gasteiger partial charge < -0.3 is 4.90 Å². The van der Waals surface area contributed by atoms with E-state index in [2.05, 4.69) is 29.8 Å². The fourth-order valence-corrected chi connectivity index (χ4v) is 3.25. The molecule has 0 bridgehead atoms. The molecular weight excluding hydrogens is 324 g/mol. The van der Waals surface area contributed by atoms with Crippen molar-refractivity contribution in [1.82, 2.24) is 14.8 Å². The van der Waals surface area contributed by atoms with Gasteiger partial charge in [-0.3, -0.25) is 14.7 Å². The van der Waals surface area contributed by atoms with Crippen LogP contribution < -0.4 is 0 Å². The van der Waals surface area contributed by atoms with E-state index in [-0.39, 0.29) is 5.91 Å². The van der Waals surface area contributed by atoms with Crippen LogP contribution in [0.4, 0.5) is 0 Å². The lowest BCUT2D eigenvalue weighted by Gasteiger charge is -2.25. The molecule has 0 atom stereocenters. The Morgan fingerprint density at radius 2 is 1.85 bits per heavy atom. The Labute approximate surface area is 154 Å². The highest BCUT2D eigenvalue weighted by Crippen LogP contribution is 2.19. The quantitative estimate of drug-likeness (QED) is 0.855. The molecule has 0 spiro atoms. The van der Waals surface area contributed by atoms with Gasteiger partial charge in [-0.2, -0.15) is 5.26 Å². The Morgan fingerprint density at radius 1 is 1.08 bits per heavy atom. The van der Waals surface area contributed by atoms with Crippen molar-refractivity contribution in [3.05, 3.63) is 53.7 Å². The number of hydrogen-bond acceptors (Lipinski definition) is 4. The summed E-state index contributed by atoms with van der Waals surface area (Å²) in [5.41, 5.74) is 2.98. The van der Waals surface area contributed by atoms with Gasteiger partial charge in [0.25, 0.3) is 5.91 Å². The SMILES string of the molecule is CC(C)N1CCCN(C(=O)c2ccc(-c3ccc(C#N)cn3)cc2)CC1. The zero-order chi connectivity index (χ0) is 18.5. The number of amides is 1. The highest BCUT2D eigenvalue weighted by Gasteiger charge is 2.21. The standard InChI is InChI=1S/C21H24N4O/c1-16(2)24-10-3-11-25(13-12-24)21(26)19-7-5-18(6-8-19)20-9-4-17(14-22)15-23-20/h4-9,15-16H,3,10-13H2,1-2H3. The van der Waals surface area contributed by atoms with Crippen molar-refractivity contribution in [2.45, 2.75) is 26.3 Å². The Kier molecular flexibility index (Phi) is 5.65. The van der Waals surface area contributed by atoms with Crippen LogP contribution in [-0.4, -0.2) is 52.9 Å². The van der Waals surface area contributed by atoms with Gasteiger partial charge in [-0.15, -0.1) is 0 Å². The first-order chi connectivity index (χ1) is 12.6. The summed E-state index contributed by atoms with van der Waals surface area (Å²) in [4.78, 5) is 21.5. The van der Waals surface area contributed by atoms with E-state index in [0.717, 1.165) is 43.9 Å². The first kappa shape index (κ1) is 18.1. The van der Waals surface area contributed by atoms with Crippen LogP contribution >= 0.6 is 0 Å². The minimum atomic E-state index is 0.0925. The highest BCUT2D eigenvalue weighted by molar-refractivity contribution is 5.94. The Bertz CT molecular complexity index is 790. The molecule has 3 rings (SSSR count). The number of nitrogens with zero attached hydrogens (tertiary/aromatic N) is 4. The number of rotatable bonds is 3. The summed E-state index contributed by atoms with van der Waals surface area (Å²) < 4.78 is 0. The summed E-state index contributed by atoms with van der Waals surface area (Å²) in [6.07, 6.45) is 2.57. The van der Waals surface area contributed by atoms with Gasteiger partial charge in [-0.1, -0.05) is 12.1 Å². The highest BCUT2D eigenvalue weighted by atomic mass is 16.2. The van der Waals surface area contributed by atoms with Crippen molar-refractivity contribution >= 4 is 5.91 Å². The van der Waals surface area contributed by atoms with E-state index in [1.54, 1.807) is 12.3 Å². The summed E-state index contributed by atoms with van der Waals surface area (Å²) in [5.74, 6) is 0.0925. The number of carbonyl (C=O) groups is 1. The third-order valence-corrected chi connectivity index (χ3v) is 4.87. The van der Waals surface area contributed by atoms with Crippen molar-refractivity contribution < 1.29 is 4.79 Å². The first-order valence-electron chi connectivity index (χ1n) is 9.08. The monoisotopic (exact) mass is 348 g/mol. The van der Waals surface area contributed by atoms with E-state index in [9.17, 15) is 4.79 Å². The molecule has 0 saturated carbocycles. The average Bonchev–Trinajstić information content (AvgIpc) is 2.94. The average molecular weight is 348 g/mol. The number of pyridine rings is 1. The van der Waals surface area contributed by atoms with Gasteiger partial charge in [0.05, 0.1) is 11.3 Å². The molecular formula is C21H24N4O. The van der Waals surface area contributed by atoms with Crippen molar-refractivity contribution in [2.75, 3.05) is 26.2 Å². The van der Waals surface area contributed by atoms with Crippen molar-refractivity contribution in [3.63, 3.8) is 0 Å². The summed E-state index contributed by atoms with van der Waals surface area (Å²) in [6.45, 7) is 7.96. The zero-order valence-corrected chi connectivity index (χ0v) is 15.4. The number of carbonyl (C=O) groups excluding carboxylic acids is 1. The van der Waals surface area contributed by atoms with E-state index in [1.807, 2.05) is 35.2 Å². The van der Waals surface area contributed by atoms with Gasteiger partial charge in [0.15, 0.2) is 0 Å². The van der Waals surface area contributed by atoms with Gasteiger partial charge >= 0.3 is 0 Å². The van der Waals surface area contributed by atoms with Crippen molar-refractivity contribution in [2.24, 2.45) is 0 Å². The molecule has 2 heterocycles. The fourth-order valence-electron chi connectivity index (χ4n) is 3.25. The molecule has 26 heavy (non-hydrogen) atoms. The molecule has 1 saturated heterocycles. The smallest absolute Gasteiger partial charge is 0.253 e. The first-order valence-corrected chi connectivity index (χ1v) is 9.08. The molecule has 5 heteroatoms. The van der Waals surface area contributed by atoms with Gasteiger partial charge in [0, 0.05) is 49.5 Å². The van der Waals surface area contributed by atoms with Gasteiger partial charge in [0.1, 0.15) is 6.07 Å². The van der Waals surface area contributed by atoms with E-state index >= 15 is 0 Å². The van der Waals surface area contributed by atoms with Crippen LogP contribution in [0.1, 0.15) is 36.2 Å². The predicted molar refractivity (Wildman–Crippen MR) is 102 cm³/mol. The molecule has 1 aromatic carbocycles. The molecule has 1 aliphatic rings. The van der Waals surface area contributed by atoms with E-state index in [4.69, 9.17) is 5.26 Å². The van der Waals surface area contributed by atoms with Crippen LogP contribution in [0.5, 0.6) is 0 Å². The van der Waals surface area contributed by atoms with Crippen LogP contribution in [0.2, 0.25) is 0 Å². The molecule has 1 aliphatic heterocycles. The minimum Gasteiger partial charge on any atom is -0.337 e. The second kappa shape index (κ2) is 8.11. The number of hydrogen-bond donors (Lipinski definition) is 0. The predicted octanol–water partition coefficient (Wildman–Crippen LogP) is 3.18. The van der Waals surface area contributed by atoms with Crippen LogP contribution in [0.15, 0.2) is 42.6 Å². The number of benzene rings is 1. The van der Waals surface area contributed by atoms with E-state index in [0.29, 0.717) is 17.2 Å². The maximum absolute atomic E-state index is 12.8. The summed E-state index contributed by atoms with van der Waals surface area (Å²) in [5, 5.41) is 8.85. The molecule has 0 N–H and O–H groups in total. The largest absolute Gasteiger partial charge is 0.337 e. The number of nitriles is 1. The van der Waals surface area contributed by atoms with Crippen molar-refractivity contribution in [1.29, 1.82) is 5.26 Å². The number of aromatic nitrogens is 1. The molecule has 1 amide bonds. The lowest BCUT2D eigenvalue weighted by molar-refractivity contribution is 0.0759. The molecule has 1 aromatic heterocycles. The van der Waals surface area contributed by atoms with Crippen LogP contribution in [0.3, 0.4) is 0 Å². The Morgan fingerprint density at radius 3 is 2.46 bits per heavy atom. The minimum absolute atomic E-state index is 0.0925. The normalized spacial score (nSPS) is 15.5. The van der Waals surface area contributed by atoms with Crippen LogP contribution in [-0.2, 0) is 0 Å². The zero-order valence-electron chi connectivity index (χ0n) is 15.4. The molecule has 0 aliphatic carbocycles. The second-order valence-corrected chi connectivity index (χ2v) is 6.90. The molecule has 134 valence electrons. The molecule has 0 unspecified atom stereocenters. The third kappa shape index (κ3) is 4.09. The van der Waals surface area contributed by atoms with Gasteiger partial charge in [-0.25, -0.2) is 0 Å². The maximum Gasteiger partial charge on any atom is 0.253 e.